The second-order valence-electron chi connectivity index (χ2n) is 4.72. The van der Waals surface area contributed by atoms with Gasteiger partial charge in [-0.25, -0.2) is 0 Å². The van der Waals surface area contributed by atoms with Crippen molar-refractivity contribution in [1.82, 2.24) is 0 Å². The van der Waals surface area contributed by atoms with Gasteiger partial charge in [-0.15, -0.1) is 10.2 Å². The third-order valence-electron chi connectivity index (χ3n) is 3.31. The molecule has 0 saturated heterocycles. The lowest BCUT2D eigenvalue weighted by atomic mass is 9.99. The first kappa shape index (κ1) is 12.5. The number of carboxylic acids is 1. The fraction of sp³-hybridized carbons (Fsp3) is 0.133. The molecule has 1 heterocycles. The van der Waals surface area contributed by atoms with E-state index in [1.165, 1.54) is 0 Å². The number of hydrogen-bond donors (Lipinski definition) is 2. The fourth-order valence-electron chi connectivity index (χ4n) is 2.17. The minimum absolute atomic E-state index is 0.322. The zero-order valence-electron chi connectivity index (χ0n) is 10.7. The average molecular weight is 267 g/mol. The van der Waals surface area contributed by atoms with Gasteiger partial charge in [-0.05, 0) is 23.6 Å². The summed E-state index contributed by atoms with van der Waals surface area (Å²) in [5.74, 6) is -0.987. The van der Waals surface area contributed by atoms with Crippen molar-refractivity contribution in [3.8, 4) is 11.1 Å². The maximum atomic E-state index is 10.7. The normalized spacial score (nSPS) is 13.4. The Morgan fingerprint density at radius 3 is 2.50 bits per heavy atom. The van der Waals surface area contributed by atoms with Crippen LogP contribution in [0.15, 0.2) is 52.7 Å². The van der Waals surface area contributed by atoms with Crippen molar-refractivity contribution in [2.75, 3.05) is 0 Å². The summed E-state index contributed by atoms with van der Waals surface area (Å²) in [7, 11) is 0. The highest BCUT2D eigenvalue weighted by Gasteiger charge is 2.16. The molecule has 2 aromatic rings. The molecule has 5 heteroatoms. The van der Waals surface area contributed by atoms with E-state index in [2.05, 4.69) is 10.2 Å². The molecule has 20 heavy (non-hydrogen) atoms. The highest BCUT2D eigenvalue weighted by atomic mass is 16.4. The van der Waals surface area contributed by atoms with Gasteiger partial charge < -0.3 is 10.8 Å². The minimum atomic E-state index is -0.987. The fourth-order valence-corrected chi connectivity index (χ4v) is 2.17. The standard InChI is InChI=1S/C15H13N3O2/c16-12(15(19)20)8-9-4-6-10(7-5-9)11-2-1-3-13-14(11)18-17-13/h1-7,12H,8,16H2,(H,19,20)/t12-/m0/s1. The Morgan fingerprint density at radius 1 is 1.15 bits per heavy atom. The summed E-state index contributed by atoms with van der Waals surface area (Å²) in [6, 6.07) is 12.7. The van der Waals surface area contributed by atoms with Gasteiger partial charge in [0.05, 0.1) is 0 Å². The number of nitrogens with zero attached hydrogens (tertiary/aromatic N) is 2. The highest BCUT2D eigenvalue weighted by molar-refractivity contribution is 5.85. The molecular weight excluding hydrogens is 254 g/mol. The van der Waals surface area contributed by atoms with Crippen molar-refractivity contribution < 1.29 is 9.90 Å². The van der Waals surface area contributed by atoms with E-state index < -0.39 is 12.0 Å². The molecule has 5 nitrogen and oxygen atoms in total. The number of fused-ring (bicyclic) bond motifs is 1. The van der Waals surface area contributed by atoms with E-state index in [1.807, 2.05) is 42.5 Å². The predicted molar refractivity (Wildman–Crippen MR) is 75.4 cm³/mol. The minimum Gasteiger partial charge on any atom is -0.480 e. The third kappa shape index (κ3) is 2.19. The first-order valence-corrected chi connectivity index (χ1v) is 6.27. The third-order valence-corrected chi connectivity index (χ3v) is 3.31. The van der Waals surface area contributed by atoms with Crippen LogP contribution in [-0.4, -0.2) is 17.1 Å². The van der Waals surface area contributed by atoms with Gasteiger partial charge in [-0.2, -0.15) is 0 Å². The molecule has 0 aliphatic carbocycles. The average Bonchev–Trinajstić information content (AvgIpc) is 2.40. The zero-order chi connectivity index (χ0) is 14.1. The van der Waals surface area contributed by atoms with Gasteiger partial charge in [0.2, 0.25) is 0 Å². The molecule has 3 N–H and O–H groups in total. The summed E-state index contributed by atoms with van der Waals surface area (Å²) < 4.78 is 0. The summed E-state index contributed by atoms with van der Waals surface area (Å²) in [5.41, 5.74) is 10.3. The smallest absolute Gasteiger partial charge is 0.320 e. The molecule has 0 radical (unpaired) electrons. The Hall–Kier alpha value is -2.53. The van der Waals surface area contributed by atoms with Gasteiger partial charge in [-0.1, -0.05) is 36.4 Å². The van der Waals surface area contributed by atoms with E-state index in [4.69, 9.17) is 10.8 Å². The van der Waals surface area contributed by atoms with Crippen LogP contribution < -0.4 is 5.73 Å². The van der Waals surface area contributed by atoms with Crippen LogP contribution in [0.25, 0.3) is 11.1 Å². The Balaban J connectivity index is 1.84. The summed E-state index contributed by atoms with van der Waals surface area (Å²) >= 11 is 0. The molecule has 0 saturated carbocycles. The van der Waals surface area contributed by atoms with Gasteiger partial charge in [0, 0.05) is 5.56 Å². The Morgan fingerprint density at radius 2 is 1.90 bits per heavy atom. The molecule has 0 bridgehead atoms. The lowest BCUT2D eigenvalue weighted by Gasteiger charge is -2.13. The maximum Gasteiger partial charge on any atom is 0.320 e. The first-order valence-electron chi connectivity index (χ1n) is 6.27. The molecule has 0 aromatic heterocycles. The number of azo groups is 1. The second-order valence-corrected chi connectivity index (χ2v) is 4.72. The number of aliphatic carboxylic acids is 1. The number of rotatable bonds is 4. The monoisotopic (exact) mass is 267 g/mol. The van der Waals surface area contributed by atoms with Crippen LogP contribution in [0, 0.1) is 0 Å². The van der Waals surface area contributed by atoms with Crippen molar-refractivity contribution in [1.29, 1.82) is 0 Å². The molecule has 1 atom stereocenters. The Labute approximate surface area is 115 Å². The van der Waals surface area contributed by atoms with Gasteiger partial charge >= 0.3 is 5.97 Å². The quantitative estimate of drug-likeness (QED) is 0.761. The molecule has 0 spiro atoms. The van der Waals surface area contributed by atoms with Gasteiger partial charge in [-0.3, -0.25) is 4.79 Å². The second kappa shape index (κ2) is 4.86. The molecule has 0 amide bonds. The van der Waals surface area contributed by atoms with Crippen molar-refractivity contribution in [2.24, 2.45) is 16.0 Å². The summed E-state index contributed by atoms with van der Waals surface area (Å²) in [6.45, 7) is 0. The highest BCUT2D eigenvalue weighted by Crippen LogP contribution is 2.44. The Kier molecular flexibility index (Phi) is 3.04. The van der Waals surface area contributed by atoms with Crippen molar-refractivity contribution in [3.05, 3.63) is 48.0 Å². The van der Waals surface area contributed by atoms with Gasteiger partial charge in [0.15, 0.2) is 0 Å². The summed E-state index contributed by atoms with van der Waals surface area (Å²) in [5, 5.41) is 16.8. The number of benzene rings is 2. The SMILES string of the molecule is N[C@@H](Cc1ccc(-c2cccc3c2N=N3)cc1)C(=O)O. The molecular formula is C15H13N3O2. The van der Waals surface area contributed by atoms with E-state index in [-0.39, 0.29) is 0 Å². The van der Waals surface area contributed by atoms with Crippen LogP contribution in [0.1, 0.15) is 5.56 Å². The van der Waals surface area contributed by atoms with Crippen LogP contribution in [0.3, 0.4) is 0 Å². The molecule has 100 valence electrons. The number of carboxylic acid groups (broad SMARTS) is 1. The van der Waals surface area contributed by atoms with E-state index in [1.54, 1.807) is 0 Å². The number of hydrogen-bond acceptors (Lipinski definition) is 4. The lowest BCUT2D eigenvalue weighted by molar-refractivity contribution is -0.138. The van der Waals surface area contributed by atoms with Crippen molar-refractivity contribution >= 4 is 17.3 Å². The van der Waals surface area contributed by atoms with Crippen LogP contribution in [0.4, 0.5) is 11.4 Å². The van der Waals surface area contributed by atoms with Crippen LogP contribution in [0.5, 0.6) is 0 Å². The molecule has 1 aliphatic rings. The molecule has 0 unspecified atom stereocenters. The number of carbonyl (C=O) groups is 1. The molecule has 3 rings (SSSR count). The maximum absolute atomic E-state index is 10.7. The Bertz CT molecular complexity index is 693. The van der Waals surface area contributed by atoms with Crippen LogP contribution in [-0.2, 0) is 11.2 Å². The van der Waals surface area contributed by atoms with Crippen LogP contribution >= 0.6 is 0 Å². The molecule has 2 aromatic carbocycles. The molecule has 0 fully saturated rings. The number of nitrogens with two attached hydrogens (primary N) is 1. The largest absolute Gasteiger partial charge is 0.480 e. The van der Waals surface area contributed by atoms with E-state index in [0.717, 1.165) is 28.1 Å². The summed E-state index contributed by atoms with van der Waals surface area (Å²) in [6.07, 6.45) is 0.322. The molecule has 1 aliphatic heterocycles. The topological polar surface area (TPSA) is 88.0 Å². The van der Waals surface area contributed by atoms with Gasteiger partial charge in [0.25, 0.3) is 0 Å². The van der Waals surface area contributed by atoms with E-state index >= 15 is 0 Å². The van der Waals surface area contributed by atoms with Crippen molar-refractivity contribution in [2.45, 2.75) is 12.5 Å². The van der Waals surface area contributed by atoms with Crippen LogP contribution in [0.2, 0.25) is 0 Å². The summed E-state index contributed by atoms with van der Waals surface area (Å²) in [4.78, 5) is 10.7. The lowest BCUT2D eigenvalue weighted by Crippen LogP contribution is -2.32. The van der Waals surface area contributed by atoms with Gasteiger partial charge in [0.1, 0.15) is 17.4 Å². The predicted octanol–water partition coefficient (Wildman–Crippen LogP) is 3.04. The zero-order valence-corrected chi connectivity index (χ0v) is 10.7. The van der Waals surface area contributed by atoms with Crippen molar-refractivity contribution in [3.63, 3.8) is 0 Å². The van der Waals surface area contributed by atoms with E-state index in [0.29, 0.717) is 6.42 Å². The van der Waals surface area contributed by atoms with E-state index in [9.17, 15) is 4.79 Å². The first-order chi connectivity index (χ1) is 9.65.